The quantitative estimate of drug-likeness (QED) is 0.353. The Labute approximate surface area is 254 Å². The summed E-state index contributed by atoms with van der Waals surface area (Å²) in [7, 11) is 0. The van der Waals surface area contributed by atoms with Gasteiger partial charge in [-0.2, -0.15) is 23.1 Å². The number of fused-ring (bicyclic) bond motifs is 4. The number of rotatable bonds is 5. The highest BCUT2D eigenvalue weighted by molar-refractivity contribution is 6.34. The van der Waals surface area contributed by atoms with E-state index in [-0.39, 0.29) is 57.8 Å². The molecule has 0 spiro atoms. The molecule has 4 N–H and O–H groups in total. The van der Waals surface area contributed by atoms with E-state index in [0.717, 1.165) is 25.5 Å². The summed E-state index contributed by atoms with van der Waals surface area (Å²) in [6.07, 6.45) is -4.02. The number of nitrogens with zero attached hydrogens (tertiary/aromatic N) is 5. The number of aliphatic hydroxyl groups excluding tert-OH is 1. The van der Waals surface area contributed by atoms with Crippen molar-refractivity contribution in [2.75, 3.05) is 43.4 Å². The van der Waals surface area contributed by atoms with E-state index < -0.39 is 46.6 Å². The zero-order valence-corrected chi connectivity index (χ0v) is 24.5. The number of halogens is 6. The average molecular weight is 640 g/mol. The third-order valence-corrected chi connectivity index (χ3v) is 9.73. The molecule has 4 fully saturated rings. The molecule has 4 aliphatic rings. The Morgan fingerprint density at radius 1 is 1.20 bits per heavy atom. The fraction of sp³-hybridized carbons (Fsp3) is 0.552. The number of aliphatic hydroxyl groups is 1. The van der Waals surface area contributed by atoms with Gasteiger partial charge in [0.2, 0.25) is 0 Å². The summed E-state index contributed by atoms with van der Waals surface area (Å²) in [4.78, 5) is 16.8. The number of pyridine rings is 1. The number of aryl methyl sites for hydroxylation is 1. The van der Waals surface area contributed by atoms with Crippen LogP contribution in [0.3, 0.4) is 0 Å². The Morgan fingerprint density at radius 3 is 2.75 bits per heavy atom. The van der Waals surface area contributed by atoms with Gasteiger partial charge in [0, 0.05) is 37.5 Å². The molecule has 2 bridgehead atoms. The molecule has 0 aliphatic carbocycles. The highest BCUT2D eigenvalue weighted by atomic mass is 35.5. The molecule has 5 atom stereocenters. The average Bonchev–Trinajstić information content (AvgIpc) is 3.54. The van der Waals surface area contributed by atoms with Gasteiger partial charge in [0.15, 0.2) is 5.82 Å². The number of piperazine rings is 1. The Bertz CT molecular complexity index is 1640. The number of alkyl halides is 4. The molecule has 7 rings (SSSR count). The molecule has 0 unspecified atom stereocenters. The van der Waals surface area contributed by atoms with Crippen LogP contribution in [0.5, 0.6) is 6.01 Å². The first-order chi connectivity index (χ1) is 20.8. The lowest BCUT2D eigenvalue weighted by Gasteiger charge is -2.35. The maximum Gasteiger partial charge on any atom is 0.418 e. The van der Waals surface area contributed by atoms with Gasteiger partial charge >= 0.3 is 12.2 Å². The zero-order chi connectivity index (χ0) is 31.1. The Balaban J connectivity index is 1.38. The molecule has 4 aliphatic heterocycles. The summed E-state index contributed by atoms with van der Waals surface area (Å²) in [6.45, 7) is 3.09. The predicted molar refractivity (Wildman–Crippen MR) is 154 cm³/mol. The topological polar surface area (TPSA) is 113 Å². The SMILES string of the molecule is Cc1cc(N)nc(-c2c(Cl)cc3c(N4C[C@H]5C[C@@H](O)[C@@H](C4)N5)nc(OC[C@@]45CCCN4C[C@H](F)C5)nc3c2F)c1C(F)(F)F. The van der Waals surface area contributed by atoms with Crippen molar-refractivity contribution < 1.29 is 31.8 Å². The molecule has 0 saturated carbocycles. The van der Waals surface area contributed by atoms with Crippen LogP contribution in [0.2, 0.25) is 5.02 Å². The van der Waals surface area contributed by atoms with E-state index in [1.807, 2.05) is 4.90 Å². The van der Waals surface area contributed by atoms with Gasteiger partial charge in [-0.05, 0) is 50.4 Å². The van der Waals surface area contributed by atoms with E-state index in [1.165, 1.54) is 13.0 Å². The van der Waals surface area contributed by atoms with Gasteiger partial charge in [-0.15, -0.1) is 0 Å². The molecule has 236 valence electrons. The number of nitrogen functional groups attached to an aromatic ring is 1. The van der Waals surface area contributed by atoms with Crippen molar-refractivity contribution in [2.45, 2.75) is 68.7 Å². The van der Waals surface area contributed by atoms with Gasteiger partial charge in [0.1, 0.15) is 29.9 Å². The highest BCUT2D eigenvalue weighted by Gasteiger charge is 2.49. The zero-order valence-electron chi connectivity index (χ0n) is 23.8. The van der Waals surface area contributed by atoms with Gasteiger partial charge in [0.25, 0.3) is 0 Å². The van der Waals surface area contributed by atoms with Gasteiger partial charge in [0.05, 0.1) is 39.5 Å². The highest BCUT2D eigenvalue weighted by Crippen LogP contribution is 2.45. The van der Waals surface area contributed by atoms with Gasteiger partial charge in [-0.3, -0.25) is 4.90 Å². The standard InChI is InChI=1S/C29H31ClF5N7O2/c1-13-5-20(36)38-25(22(13)29(33,34)35)21-17(30)7-16-24(23(21)32)39-27(44-12-28-3-2-4-42(28)9-14(31)8-28)40-26(16)41-10-15-6-19(43)18(11-41)37-15/h5,7,14-15,18-19,37,43H,2-4,6,8-12H2,1H3,(H2,36,38)/t14-,15-,18-,19-,28+/m1/s1. The number of nitrogens with one attached hydrogen (secondary N) is 1. The van der Waals surface area contributed by atoms with E-state index in [9.17, 15) is 22.7 Å². The third-order valence-electron chi connectivity index (χ3n) is 9.43. The second-order valence-electron chi connectivity index (χ2n) is 12.4. The number of anilines is 2. The number of ether oxygens (including phenoxy) is 1. The lowest BCUT2D eigenvalue weighted by atomic mass is 9.95. The first kappa shape index (κ1) is 29.6. The smallest absolute Gasteiger partial charge is 0.418 e. The fourth-order valence-corrected chi connectivity index (χ4v) is 7.84. The van der Waals surface area contributed by atoms with Crippen molar-refractivity contribution in [1.29, 1.82) is 0 Å². The number of nitrogens with two attached hydrogens (primary N) is 1. The lowest BCUT2D eigenvalue weighted by Crippen LogP contribution is -2.53. The maximum absolute atomic E-state index is 16.6. The van der Waals surface area contributed by atoms with Crippen LogP contribution < -0.4 is 20.7 Å². The van der Waals surface area contributed by atoms with Crippen LogP contribution in [0.15, 0.2) is 12.1 Å². The summed E-state index contributed by atoms with van der Waals surface area (Å²) in [6, 6.07) is 1.88. The van der Waals surface area contributed by atoms with Crippen molar-refractivity contribution >= 4 is 34.1 Å². The molecule has 1 aromatic carbocycles. The fourth-order valence-electron chi connectivity index (χ4n) is 7.56. The molecule has 3 aromatic rings. The number of benzene rings is 1. The van der Waals surface area contributed by atoms with Gasteiger partial charge in [-0.1, -0.05) is 11.6 Å². The molecule has 9 nitrogen and oxygen atoms in total. The first-order valence-electron chi connectivity index (χ1n) is 14.6. The molecule has 4 saturated heterocycles. The second-order valence-corrected chi connectivity index (χ2v) is 12.8. The van der Waals surface area contributed by atoms with Crippen molar-refractivity contribution in [3.63, 3.8) is 0 Å². The molecule has 44 heavy (non-hydrogen) atoms. The van der Waals surface area contributed by atoms with Crippen LogP contribution in [0, 0.1) is 12.7 Å². The summed E-state index contributed by atoms with van der Waals surface area (Å²) in [5.74, 6) is -1.09. The minimum Gasteiger partial charge on any atom is -0.461 e. The van der Waals surface area contributed by atoms with E-state index in [4.69, 9.17) is 22.1 Å². The molecular weight excluding hydrogens is 609 g/mol. The van der Waals surface area contributed by atoms with Gasteiger partial charge in [-0.25, -0.2) is 13.8 Å². The Morgan fingerprint density at radius 2 is 2.00 bits per heavy atom. The van der Waals surface area contributed by atoms with E-state index in [1.54, 1.807) is 0 Å². The molecule has 6 heterocycles. The number of hydrogen-bond donors (Lipinski definition) is 3. The maximum atomic E-state index is 16.6. The third kappa shape index (κ3) is 4.90. The normalized spacial score (nSPS) is 28.7. The molecule has 15 heteroatoms. The van der Waals surface area contributed by atoms with Crippen molar-refractivity contribution in [3.05, 3.63) is 34.1 Å². The van der Waals surface area contributed by atoms with Crippen LogP contribution in [-0.4, -0.2) is 87.6 Å². The molecular formula is C29H31ClF5N7O2. The van der Waals surface area contributed by atoms with E-state index >= 15 is 4.39 Å². The number of aromatic nitrogens is 3. The summed E-state index contributed by atoms with van der Waals surface area (Å²) in [5.41, 5.74) is 2.23. The van der Waals surface area contributed by atoms with Crippen LogP contribution in [-0.2, 0) is 6.18 Å². The summed E-state index contributed by atoms with van der Waals surface area (Å²) >= 11 is 6.55. The van der Waals surface area contributed by atoms with Crippen LogP contribution in [0.1, 0.15) is 36.8 Å². The predicted octanol–water partition coefficient (Wildman–Crippen LogP) is 4.26. The Hall–Kier alpha value is -3.07. The van der Waals surface area contributed by atoms with E-state index in [0.29, 0.717) is 32.5 Å². The second kappa shape index (κ2) is 10.5. The lowest BCUT2D eigenvalue weighted by molar-refractivity contribution is -0.137. The summed E-state index contributed by atoms with van der Waals surface area (Å²) < 4.78 is 79.7. The monoisotopic (exact) mass is 639 g/mol. The minimum atomic E-state index is -4.88. The van der Waals surface area contributed by atoms with Crippen LogP contribution in [0.4, 0.5) is 33.6 Å². The largest absolute Gasteiger partial charge is 0.461 e. The van der Waals surface area contributed by atoms with Crippen LogP contribution >= 0.6 is 11.6 Å². The van der Waals surface area contributed by atoms with Gasteiger partial charge < -0.3 is 25.8 Å². The molecule has 0 amide bonds. The van der Waals surface area contributed by atoms with Crippen molar-refractivity contribution in [1.82, 2.24) is 25.2 Å². The minimum absolute atomic E-state index is 0.0579. The van der Waals surface area contributed by atoms with E-state index in [2.05, 4.69) is 25.2 Å². The van der Waals surface area contributed by atoms with Crippen molar-refractivity contribution in [2.24, 2.45) is 0 Å². The molecule has 2 aromatic heterocycles. The number of hydrogen-bond acceptors (Lipinski definition) is 9. The summed E-state index contributed by atoms with van der Waals surface area (Å²) in [5, 5.41) is 13.6. The molecule has 0 radical (unpaired) electrons. The Kier molecular flexibility index (Phi) is 7.07. The first-order valence-corrected chi connectivity index (χ1v) is 15.0. The van der Waals surface area contributed by atoms with Crippen molar-refractivity contribution in [3.8, 4) is 17.3 Å². The van der Waals surface area contributed by atoms with Crippen LogP contribution in [0.25, 0.3) is 22.2 Å².